The first-order valence-corrected chi connectivity index (χ1v) is 19.4. The van der Waals surface area contributed by atoms with E-state index in [0.29, 0.717) is 0 Å². The summed E-state index contributed by atoms with van der Waals surface area (Å²) in [5, 5.41) is 4.92. The zero-order valence-electron chi connectivity index (χ0n) is 31.1. The van der Waals surface area contributed by atoms with E-state index in [0.717, 1.165) is 50.9 Å². The molecule has 2 heterocycles. The van der Waals surface area contributed by atoms with E-state index in [4.69, 9.17) is 4.98 Å². The third kappa shape index (κ3) is 5.58. The molecule has 4 nitrogen and oxygen atoms in total. The molecule has 9 aromatic carbocycles. The summed E-state index contributed by atoms with van der Waals surface area (Å²) in [6.45, 7) is 0. The van der Waals surface area contributed by atoms with Gasteiger partial charge in [0.05, 0.1) is 22.1 Å². The molecule has 0 bridgehead atoms. The van der Waals surface area contributed by atoms with Gasteiger partial charge < -0.3 is 9.47 Å². The number of rotatable bonds is 7. The number of hydrogen-bond acceptors (Lipinski definition) is 2. The second kappa shape index (κ2) is 13.6. The summed E-state index contributed by atoms with van der Waals surface area (Å²) in [5.74, 6) is 0.912. The van der Waals surface area contributed by atoms with Crippen molar-refractivity contribution in [1.29, 1.82) is 0 Å². The van der Waals surface area contributed by atoms with Crippen LogP contribution in [0.2, 0.25) is 0 Å². The van der Waals surface area contributed by atoms with Crippen LogP contribution in [0.3, 0.4) is 0 Å². The summed E-state index contributed by atoms with van der Waals surface area (Å²) in [4.78, 5) is 7.51. The Bertz CT molecular complexity index is 3210. The maximum atomic E-state index is 5.15. The van der Waals surface area contributed by atoms with Gasteiger partial charge in [-0.15, -0.1) is 0 Å². The van der Waals surface area contributed by atoms with Crippen molar-refractivity contribution in [1.82, 2.24) is 14.1 Å². The highest BCUT2D eigenvalue weighted by atomic mass is 15.1. The zero-order chi connectivity index (χ0) is 37.7. The average Bonchev–Trinajstić information content (AvgIpc) is 3.84. The third-order valence-electron chi connectivity index (χ3n) is 11.1. The molecule has 4 heteroatoms. The predicted octanol–water partition coefficient (Wildman–Crippen LogP) is 14.1. The lowest BCUT2D eigenvalue weighted by atomic mass is 9.98. The van der Waals surface area contributed by atoms with E-state index in [1.54, 1.807) is 0 Å². The molecule has 11 aromatic rings. The lowest BCUT2D eigenvalue weighted by Gasteiger charge is -2.26. The van der Waals surface area contributed by atoms with Crippen molar-refractivity contribution in [3.05, 3.63) is 218 Å². The third-order valence-corrected chi connectivity index (χ3v) is 11.1. The van der Waals surface area contributed by atoms with Crippen LogP contribution >= 0.6 is 0 Å². The number of benzene rings is 9. The number of hydrogen-bond donors (Lipinski definition) is 0. The lowest BCUT2D eigenvalue weighted by molar-refractivity contribution is 1.10. The molecule has 2 aromatic heterocycles. The van der Waals surface area contributed by atoms with Gasteiger partial charge in [0.25, 0.3) is 0 Å². The number of imidazole rings is 1. The Hall–Kier alpha value is -7.69. The van der Waals surface area contributed by atoms with E-state index >= 15 is 0 Å². The monoisotopic (exact) mass is 728 g/mol. The number of fused-ring (bicyclic) bond motifs is 5. The Morgan fingerprint density at radius 2 is 0.895 bits per heavy atom. The molecule has 0 amide bonds. The van der Waals surface area contributed by atoms with E-state index in [2.05, 4.69) is 232 Å². The van der Waals surface area contributed by atoms with Crippen LogP contribution in [0.5, 0.6) is 0 Å². The SMILES string of the molecule is c1ccc(-n2c(-c3ccc(N(c4ccc(-c5cccc6ccccc56)cc4)c4ccc5c(c4)c4ccccc4n5-c4ccccc4)cc3)nc3ccccc32)cc1. The first kappa shape index (κ1) is 32.7. The van der Waals surface area contributed by atoms with Crippen molar-refractivity contribution in [3.63, 3.8) is 0 Å². The number of nitrogens with zero attached hydrogens (tertiary/aromatic N) is 4. The fraction of sp³-hybridized carbons (Fsp3) is 0. The van der Waals surface area contributed by atoms with E-state index < -0.39 is 0 Å². The molecule has 0 saturated carbocycles. The highest BCUT2D eigenvalue weighted by Gasteiger charge is 2.19. The van der Waals surface area contributed by atoms with E-state index in [9.17, 15) is 0 Å². The predicted molar refractivity (Wildman–Crippen MR) is 238 cm³/mol. The van der Waals surface area contributed by atoms with E-state index in [-0.39, 0.29) is 0 Å². The summed E-state index contributed by atoms with van der Waals surface area (Å²) >= 11 is 0. The van der Waals surface area contributed by atoms with Crippen LogP contribution in [0.1, 0.15) is 0 Å². The van der Waals surface area contributed by atoms with Crippen LogP contribution in [-0.2, 0) is 0 Å². The highest BCUT2D eigenvalue weighted by Crippen LogP contribution is 2.41. The van der Waals surface area contributed by atoms with E-state index in [1.807, 2.05) is 0 Å². The van der Waals surface area contributed by atoms with Crippen LogP contribution in [0.15, 0.2) is 218 Å². The van der Waals surface area contributed by atoms with Crippen LogP contribution in [-0.4, -0.2) is 14.1 Å². The standard InChI is InChI=1S/C53H36N4/c1-3-16-40(17-4-1)56-50-24-11-9-21-47(50)48-36-44(34-35-51(48)56)55(42-30-26-38(27-31-42)46-22-13-15-37-14-7-8-20-45(37)46)43-32-28-39(29-33-43)53-54-49-23-10-12-25-52(49)57(53)41-18-5-2-6-19-41/h1-36H. The molecule has 0 aliphatic heterocycles. The van der Waals surface area contributed by atoms with Gasteiger partial charge in [0.2, 0.25) is 0 Å². The van der Waals surface area contributed by atoms with Gasteiger partial charge in [-0.05, 0) is 119 Å². The van der Waals surface area contributed by atoms with Crippen molar-refractivity contribution in [3.8, 4) is 33.9 Å². The van der Waals surface area contributed by atoms with Crippen molar-refractivity contribution >= 4 is 60.7 Å². The molecule has 0 aliphatic rings. The van der Waals surface area contributed by atoms with Gasteiger partial charge in [0.15, 0.2) is 0 Å². The van der Waals surface area contributed by atoms with Crippen molar-refractivity contribution in [2.45, 2.75) is 0 Å². The van der Waals surface area contributed by atoms with Gasteiger partial charge >= 0.3 is 0 Å². The molecule has 0 saturated heterocycles. The maximum Gasteiger partial charge on any atom is 0.145 e. The first-order valence-electron chi connectivity index (χ1n) is 19.4. The summed E-state index contributed by atoms with van der Waals surface area (Å²) in [7, 11) is 0. The molecule has 57 heavy (non-hydrogen) atoms. The van der Waals surface area contributed by atoms with Crippen LogP contribution in [0, 0.1) is 0 Å². The zero-order valence-corrected chi connectivity index (χ0v) is 31.1. The van der Waals surface area contributed by atoms with Crippen LogP contribution < -0.4 is 4.90 Å². The van der Waals surface area contributed by atoms with Crippen molar-refractivity contribution < 1.29 is 0 Å². The van der Waals surface area contributed by atoms with Gasteiger partial charge in [0.1, 0.15) is 5.82 Å². The average molecular weight is 729 g/mol. The maximum absolute atomic E-state index is 5.15. The van der Waals surface area contributed by atoms with Gasteiger partial charge in [-0.2, -0.15) is 0 Å². The molecule has 0 N–H and O–H groups in total. The second-order valence-corrected chi connectivity index (χ2v) is 14.4. The minimum absolute atomic E-state index is 0.912. The number of para-hydroxylation sites is 5. The summed E-state index contributed by atoms with van der Waals surface area (Å²) in [6, 6.07) is 78.0. The summed E-state index contributed by atoms with van der Waals surface area (Å²) in [6.07, 6.45) is 0. The normalized spacial score (nSPS) is 11.5. The molecular formula is C53H36N4. The largest absolute Gasteiger partial charge is 0.310 e. The lowest BCUT2D eigenvalue weighted by Crippen LogP contribution is -2.10. The molecule has 0 aliphatic carbocycles. The minimum Gasteiger partial charge on any atom is -0.310 e. The second-order valence-electron chi connectivity index (χ2n) is 14.4. The Balaban J connectivity index is 1.07. The molecule has 0 atom stereocenters. The smallest absolute Gasteiger partial charge is 0.145 e. The van der Waals surface area contributed by atoms with Gasteiger partial charge in [-0.1, -0.05) is 121 Å². The molecule has 0 spiro atoms. The Morgan fingerprint density at radius 3 is 1.63 bits per heavy atom. The van der Waals surface area contributed by atoms with E-state index in [1.165, 1.54) is 43.7 Å². The van der Waals surface area contributed by atoms with Crippen molar-refractivity contribution in [2.24, 2.45) is 0 Å². The Morgan fingerprint density at radius 1 is 0.351 bits per heavy atom. The Kier molecular flexibility index (Phi) is 7.78. The number of aromatic nitrogens is 3. The minimum atomic E-state index is 0.912. The van der Waals surface area contributed by atoms with Gasteiger partial charge in [-0.3, -0.25) is 4.57 Å². The topological polar surface area (TPSA) is 26.0 Å². The van der Waals surface area contributed by atoms with Crippen LogP contribution in [0.4, 0.5) is 17.1 Å². The molecule has 0 radical (unpaired) electrons. The fourth-order valence-corrected chi connectivity index (χ4v) is 8.49. The molecule has 11 rings (SSSR count). The van der Waals surface area contributed by atoms with Gasteiger partial charge in [-0.25, -0.2) is 4.98 Å². The molecular weight excluding hydrogens is 693 g/mol. The first-order chi connectivity index (χ1) is 28.3. The fourth-order valence-electron chi connectivity index (χ4n) is 8.49. The van der Waals surface area contributed by atoms with Crippen molar-refractivity contribution in [2.75, 3.05) is 4.90 Å². The molecule has 0 fully saturated rings. The van der Waals surface area contributed by atoms with Gasteiger partial charge in [0, 0.05) is 44.8 Å². The Labute approximate surface area is 330 Å². The molecule has 0 unspecified atom stereocenters. The highest BCUT2D eigenvalue weighted by molar-refractivity contribution is 6.10. The van der Waals surface area contributed by atoms with Crippen LogP contribution in [0.25, 0.3) is 77.5 Å². The number of anilines is 3. The summed E-state index contributed by atoms with van der Waals surface area (Å²) in [5.41, 5.74) is 13.3. The quantitative estimate of drug-likeness (QED) is 0.163. The summed E-state index contributed by atoms with van der Waals surface area (Å²) < 4.78 is 4.62. The molecule has 268 valence electrons.